The molecular formula is C22H22N3O5+. The summed E-state index contributed by atoms with van der Waals surface area (Å²) >= 11 is 0. The first-order valence-corrected chi connectivity index (χ1v) is 9.78. The van der Waals surface area contributed by atoms with Crippen molar-refractivity contribution >= 4 is 22.6 Å². The Balaban J connectivity index is 1.89. The van der Waals surface area contributed by atoms with Gasteiger partial charge in [0.1, 0.15) is 5.58 Å². The molecule has 4 rings (SSSR count). The topological polar surface area (TPSA) is 98.1 Å². The van der Waals surface area contributed by atoms with Gasteiger partial charge in [0.2, 0.25) is 5.76 Å². The number of hydrogen-bond acceptors (Lipinski definition) is 5. The number of nitro benzene ring substituents is 1. The molecule has 0 spiro atoms. The van der Waals surface area contributed by atoms with Gasteiger partial charge in [-0.1, -0.05) is 24.3 Å². The number of nitrogens with zero attached hydrogens (tertiary/aromatic N) is 2. The van der Waals surface area contributed by atoms with E-state index < -0.39 is 11.0 Å². The third-order valence-corrected chi connectivity index (χ3v) is 5.35. The number of carbonyl (C=O) groups is 1. The molecule has 1 aliphatic rings. The molecule has 0 radical (unpaired) electrons. The summed E-state index contributed by atoms with van der Waals surface area (Å²) in [6, 6.07) is 12.2. The first kappa shape index (κ1) is 19.8. The monoisotopic (exact) mass is 408 g/mol. The Bertz CT molecular complexity index is 1200. The van der Waals surface area contributed by atoms with Crippen LogP contribution in [0.5, 0.6) is 0 Å². The van der Waals surface area contributed by atoms with Gasteiger partial charge < -0.3 is 14.2 Å². The van der Waals surface area contributed by atoms with Crippen LogP contribution in [0.1, 0.15) is 34.1 Å². The summed E-state index contributed by atoms with van der Waals surface area (Å²) in [6.07, 6.45) is 0.723. The van der Waals surface area contributed by atoms with Gasteiger partial charge >= 0.3 is 0 Å². The molecule has 1 atom stereocenters. The zero-order valence-corrected chi connectivity index (χ0v) is 16.8. The Morgan fingerprint density at radius 1 is 1.13 bits per heavy atom. The molecule has 0 saturated heterocycles. The van der Waals surface area contributed by atoms with Crippen molar-refractivity contribution in [2.24, 2.45) is 0 Å². The van der Waals surface area contributed by atoms with Crippen LogP contribution in [0.4, 0.5) is 5.69 Å². The van der Waals surface area contributed by atoms with Crippen LogP contribution < -0.4 is 10.3 Å². The van der Waals surface area contributed by atoms with E-state index in [1.54, 1.807) is 41.3 Å². The minimum absolute atomic E-state index is 0.0207. The number of quaternary nitrogens is 1. The van der Waals surface area contributed by atoms with E-state index in [4.69, 9.17) is 4.42 Å². The van der Waals surface area contributed by atoms with Crippen LogP contribution >= 0.6 is 0 Å². The van der Waals surface area contributed by atoms with Gasteiger partial charge in [-0.15, -0.1) is 0 Å². The van der Waals surface area contributed by atoms with E-state index in [1.165, 1.54) is 17.0 Å². The van der Waals surface area contributed by atoms with E-state index in [1.807, 2.05) is 14.1 Å². The van der Waals surface area contributed by atoms with Gasteiger partial charge in [-0.25, -0.2) is 0 Å². The lowest BCUT2D eigenvalue weighted by Crippen LogP contribution is -3.05. The number of nitro groups is 1. The van der Waals surface area contributed by atoms with Crippen molar-refractivity contribution < 1.29 is 19.0 Å². The third kappa shape index (κ3) is 3.35. The molecule has 2 heterocycles. The molecule has 0 saturated carbocycles. The van der Waals surface area contributed by atoms with Gasteiger partial charge in [-0.2, -0.15) is 0 Å². The molecule has 0 bridgehead atoms. The zero-order valence-electron chi connectivity index (χ0n) is 16.8. The summed E-state index contributed by atoms with van der Waals surface area (Å²) in [5, 5.41) is 11.7. The third-order valence-electron chi connectivity index (χ3n) is 5.35. The van der Waals surface area contributed by atoms with E-state index in [-0.39, 0.29) is 28.3 Å². The number of non-ortho nitro benzene ring substituents is 1. The fourth-order valence-corrected chi connectivity index (χ4v) is 3.96. The van der Waals surface area contributed by atoms with Crippen LogP contribution in [0, 0.1) is 10.1 Å². The number of benzene rings is 2. The van der Waals surface area contributed by atoms with Gasteiger partial charge in [0.15, 0.2) is 5.43 Å². The lowest BCUT2D eigenvalue weighted by molar-refractivity contribution is -0.858. The predicted octanol–water partition coefficient (Wildman–Crippen LogP) is 1.78. The molecule has 1 N–H and O–H groups in total. The molecule has 1 aliphatic heterocycles. The van der Waals surface area contributed by atoms with E-state index in [2.05, 4.69) is 0 Å². The second-order valence-corrected chi connectivity index (χ2v) is 7.73. The highest BCUT2D eigenvalue weighted by Crippen LogP contribution is 2.38. The van der Waals surface area contributed by atoms with Crippen molar-refractivity contribution in [3.63, 3.8) is 0 Å². The summed E-state index contributed by atoms with van der Waals surface area (Å²) < 4.78 is 5.85. The van der Waals surface area contributed by atoms with Crippen molar-refractivity contribution in [3.8, 4) is 0 Å². The van der Waals surface area contributed by atoms with E-state index >= 15 is 0 Å². The number of para-hydroxylation sites is 1. The lowest BCUT2D eigenvalue weighted by Gasteiger charge is -2.25. The summed E-state index contributed by atoms with van der Waals surface area (Å²) in [5.41, 5.74) is 0.758. The number of rotatable bonds is 6. The highest BCUT2D eigenvalue weighted by atomic mass is 16.6. The molecule has 3 aromatic rings. The van der Waals surface area contributed by atoms with Crippen LogP contribution in [-0.2, 0) is 0 Å². The maximum Gasteiger partial charge on any atom is 0.290 e. The average Bonchev–Trinajstić information content (AvgIpc) is 3.00. The van der Waals surface area contributed by atoms with Crippen LogP contribution in [0.25, 0.3) is 11.0 Å². The van der Waals surface area contributed by atoms with Crippen LogP contribution in [0.3, 0.4) is 0 Å². The molecule has 2 aromatic carbocycles. The van der Waals surface area contributed by atoms with Gasteiger partial charge in [0.05, 0.1) is 42.6 Å². The molecule has 30 heavy (non-hydrogen) atoms. The molecule has 0 fully saturated rings. The highest BCUT2D eigenvalue weighted by Gasteiger charge is 2.42. The largest absolute Gasteiger partial charge is 0.450 e. The maximum absolute atomic E-state index is 13.3. The predicted molar refractivity (Wildman–Crippen MR) is 111 cm³/mol. The smallest absolute Gasteiger partial charge is 0.290 e. The molecule has 154 valence electrons. The Morgan fingerprint density at radius 2 is 1.90 bits per heavy atom. The van der Waals surface area contributed by atoms with Gasteiger partial charge in [0, 0.05) is 25.1 Å². The molecule has 1 amide bonds. The molecule has 8 nitrogen and oxygen atoms in total. The SMILES string of the molecule is C[NH+](C)CCCN1C(=O)c2oc3ccccc3c(=O)c2[C@H]1c1cccc([N+](=O)[O-])c1. The van der Waals surface area contributed by atoms with Crippen molar-refractivity contribution in [2.75, 3.05) is 27.2 Å². The highest BCUT2D eigenvalue weighted by molar-refractivity contribution is 5.99. The van der Waals surface area contributed by atoms with Gasteiger partial charge in [0.25, 0.3) is 11.6 Å². The number of nitrogens with one attached hydrogen (secondary N) is 1. The summed E-state index contributed by atoms with van der Waals surface area (Å²) in [4.78, 5) is 40.2. The molecule has 8 heteroatoms. The Morgan fingerprint density at radius 3 is 2.63 bits per heavy atom. The Labute approximate surface area is 172 Å². The van der Waals surface area contributed by atoms with E-state index in [0.29, 0.717) is 23.1 Å². The second-order valence-electron chi connectivity index (χ2n) is 7.73. The fraction of sp³-hybridized carbons (Fsp3) is 0.273. The van der Waals surface area contributed by atoms with Crippen molar-refractivity contribution in [2.45, 2.75) is 12.5 Å². The van der Waals surface area contributed by atoms with Crippen molar-refractivity contribution in [1.82, 2.24) is 4.90 Å². The minimum atomic E-state index is -0.717. The number of hydrogen-bond donors (Lipinski definition) is 1. The molecule has 0 aliphatic carbocycles. The van der Waals surface area contributed by atoms with Crippen LogP contribution in [0.15, 0.2) is 57.7 Å². The fourth-order valence-electron chi connectivity index (χ4n) is 3.96. The van der Waals surface area contributed by atoms with E-state index in [0.717, 1.165) is 13.0 Å². The molecule has 1 aromatic heterocycles. The zero-order chi connectivity index (χ0) is 21.4. The molecule has 0 unspecified atom stereocenters. The summed E-state index contributed by atoms with van der Waals surface area (Å²) in [5.74, 6) is -0.342. The first-order valence-electron chi connectivity index (χ1n) is 9.78. The quantitative estimate of drug-likeness (QED) is 0.495. The minimum Gasteiger partial charge on any atom is -0.450 e. The normalized spacial score (nSPS) is 15.8. The van der Waals surface area contributed by atoms with Crippen LogP contribution in [0.2, 0.25) is 0 Å². The lowest BCUT2D eigenvalue weighted by atomic mass is 9.98. The van der Waals surface area contributed by atoms with E-state index in [9.17, 15) is 19.7 Å². The number of amides is 1. The molecular weight excluding hydrogens is 386 g/mol. The van der Waals surface area contributed by atoms with Crippen molar-refractivity contribution in [3.05, 3.63) is 85.8 Å². The summed E-state index contributed by atoms with van der Waals surface area (Å²) in [7, 11) is 4.05. The average molecular weight is 408 g/mol. The Hall–Kier alpha value is -3.52. The number of carbonyl (C=O) groups excluding carboxylic acids is 1. The summed E-state index contributed by atoms with van der Waals surface area (Å²) in [6.45, 7) is 1.25. The van der Waals surface area contributed by atoms with Crippen molar-refractivity contribution in [1.29, 1.82) is 0 Å². The standard InChI is InChI=1S/C22H21N3O5/c1-23(2)11-6-12-24-19(14-7-5-8-15(13-14)25(28)29)18-20(26)16-9-3-4-10-17(16)30-21(18)22(24)27/h3-5,7-10,13,19H,6,11-12H2,1-2H3/p+1/t19-/m1/s1. The maximum atomic E-state index is 13.3. The van der Waals surface area contributed by atoms with Gasteiger partial charge in [-0.05, 0) is 17.7 Å². The van der Waals surface area contributed by atoms with Gasteiger partial charge in [-0.3, -0.25) is 19.7 Å². The van der Waals surface area contributed by atoms with Crippen LogP contribution in [-0.4, -0.2) is 42.9 Å². The second kappa shape index (κ2) is 7.72. The Kier molecular flexibility index (Phi) is 5.09. The first-order chi connectivity index (χ1) is 14.4. The number of fused-ring (bicyclic) bond motifs is 2.